The molecule has 0 aliphatic heterocycles. The van der Waals surface area contributed by atoms with Crippen molar-refractivity contribution in [2.45, 2.75) is 6.54 Å². The summed E-state index contributed by atoms with van der Waals surface area (Å²) in [6.45, 7) is 0.249. The van der Waals surface area contributed by atoms with Crippen LogP contribution in [0.5, 0.6) is 0 Å². The minimum atomic E-state index is -0.279. The summed E-state index contributed by atoms with van der Waals surface area (Å²) in [5.41, 5.74) is 1.96. The zero-order valence-electron chi connectivity index (χ0n) is 11.9. The molecule has 0 bridgehead atoms. The summed E-state index contributed by atoms with van der Waals surface area (Å²) in [5.74, 6) is 0.374. The molecule has 1 amide bonds. The number of amides is 1. The van der Waals surface area contributed by atoms with Crippen molar-refractivity contribution in [3.63, 3.8) is 0 Å². The van der Waals surface area contributed by atoms with Gasteiger partial charge in [0.05, 0.1) is 6.54 Å². The largest absolute Gasteiger partial charge is 0.356 e. The third-order valence-electron chi connectivity index (χ3n) is 3.17. The molecule has 116 valence electrons. The lowest BCUT2D eigenvalue weighted by Crippen LogP contribution is -2.22. The van der Waals surface area contributed by atoms with Crippen LogP contribution in [-0.4, -0.2) is 11.1 Å². The average molecular weight is 347 g/mol. The van der Waals surface area contributed by atoms with Crippen LogP contribution < -0.4 is 5.32 Å². The van der Waals surface area contributed by atoms with Crippen LogP contribution in [0.4, 0.5) is 0 Å². The van der Waals surface area contributed by atoms with Crippen molar-refractivity contribution in [3.8, 4) is 11.3 Å². The topological polar surface area (TPSA) is 55.1 Å². The van der Waals surface area contributed by atoms with E-state index in [0.29, 0.717) is 27.1 Å². The van der Waals surface area contributed by atoms with Crippen molar-refractivity contribution >= 4 is 29.1 Å². The quantitative estimate of drug-likeness (QED) is 0.752. The van der Waals surface area contributed by atoms with E-state index in [1.54, 1.807) is 24.3 Å². The summed E-state index contributed by atoms with van der Waals surface area (Å²) < 4.78 is 5.28. The first-order valence-electron chi connectivity index (χ1n) is 6.87. The van der Waals surface area contributed by atoms with Crippen molar-refractivity contribution in [1.29, 1.82) is 0 Å². The minimum Gasteiger partial charge on any atom is -0.356 e. The third kappa shape index (κ3) is 3.92. The van der Waals surface area contributed by atoms with Crippen LogP contribution in [0.3, 0.4) is 0 Å². The van der Waals surface area contributed by atoms with Gasteiger partial charge in [-0.25, -0.2) is 0 Å². The lowest BCUT2D eigenvalue weighted by Gasteiger charge is -2.04. The van der Waals surface area contributed by atoms with Gasteiger partial charge in [-0.15, -0.1) is 0 Å². The minimum absolute atomic E-state index is 0.249. The summed E-state index contributed by atoms with van der Waals surface area (Å²) in [6, 6.07) is 16.1. The number of carbonyl (C=O) groups is 1. The maximum absolute atomic E-state index is 12.1. The van der Waals surface area contributed by atoms with Crippen molar-refractivity contribution in [2.24, 2.45) is 0 Å². The van der Waals surface area contributed by atoms with Crippen molar-refractivity contribution in [1.82, 2.24) is 10.5 Å². The molecule has 2 aromatic carbocycles. The zero-order chi connectivity index (χ0) is 16.2. The first-order chi connectivity index (χ1) is 11.1. The van der Waals surface area contributed by atoms with E-state index in [9.17, 15) is 4.79 Å². The number of rotatable bonds is 4. The molecule has 0 fully saturated rings. The number of hydrogen-bond acceptors (Lipinski definition) is 3. The van der Waals surface area contributed by atoms with E-state index in [1.807, 2.05) is 30.3 Å². The summed E-state index contributed by atoms with van der Waals surface area (Å²) in [6.07, 6.45) is 0. The van der Waals surface area contributed by atoms with E-state index in [-0.39, 0.29) is 12.5 Å². The number of aromatic nitrogens is 1. The Labute approximate surface area is 143 Å². The Morgan fingerprint density at radius 1 is 1.04 bits per heavy atom. The van der Waals surface area contributed by atoms with Crippen LogP contribution in [-0.2, 0) is 6.54 Å². The van der Waals surface area contributed by atoms with Gasteiger partial charge in [0.25, 0.3) is 5.91 Å². The third-order valence-corrected chi connectivity index (χ3v) is 3.61. The Hall–Kier alpha value is -2.30. The number of nitrogens with one attached hydrogen (secondary N) is 1. The van der Waals surface area contributed by atoms with Gasteiger partial charge < -0.3 is 9.84 Å². The lowest BCUT2D eigenvalue weighted by atomic mass is 10.1. The number of halogens is 2. The summed E-state index contributed by atoms with van der Waals surface area (Å²) in [7, 11) is 0. The average Bonchev–Trinajstić information content (AvgIpc) is 3.01. The molecule has 0 atom stereocenters. The molecule has 6 heteroatoms. The second-order valence-electron chi connectivity index (χ2n) is 4.89. The van der Waals surface area contributed by atoms with Crippen LogP contribution in [0.25, 0.3) is 11.3 Å². The van der Waals surface area contributed by atoms with Gasteiger partial charge in [0.15, 0.2) is 5.76 Å². The molecule has 3 rings (SSSR count). The Balaban J connectivity index is 1.67. The Kier molecular flexibility index (Phi) is 4.65. The number of carbonyl (C=O) groups excluding carboxylic acids is 1. The lowest BCUT2D eigenvalue weighted by molar-refractivity contribution is 0.0950. The molecule has 0 radical (unpaired) electrons. The van der Waals surface area contributed by atoms with Crippen LogP contribution in [0.1, 0.15) is 16.1 Å². The normalized spacial score (nSPS) is 10.5. The van der Waals surface area contributed by atoms with Gasteiger partial charge in [0.1, 0.15) is 5.69 Å². The SMILES string of the molecule is O=C(NCc1cc(-c2ccccc2)on1)c1cc(Cl)cc(Cl)c1. The first kappa shape index (κ1) is 15.6. The van der Waals surface area contributed by atoms with Crippen molar-refractivity contribution in [3.05, 3.63) is 75.9 Å². The van der Waals surface area contributed by atoms with Gasteiger partial charge in [0.2, 0.25) is 0 Å². The Bertz CT molecular complexity index is 811. The summed E-state index contributed by atoms with van der Waals surface area (Å²) in [5, 5.41) is 7.53. The predicted octanol–water partition coefficient (Wildman–Crippen LogP) is 4.58. The second kappa shape index (κ2) is 6.86. The van der Waals surface area contributed by atoms with E-state index in [0.717, 1.165) is 5.56 Å². The maximum atomic E-state index is 12.1. The summed E-state index contributed by atoms with van der Waals surface area (Å²) in [4.78, 5) is 12.1. The monoisotopic (exact) mass is 346 g/mol. The molecule has 0 saturated carbocycles. The first-order valence-corrected chi connectivity index (χ1v) is 7.63. The van der Waals surface area contributed by atoms with Gasteiger partial charge in [-0.2, -0.15) is 0 Å². The van der Waals surface area contributed by atoms with Gasteiger partial charge in [-0.05, 0) is 18.2 Å². The zero-order valence-corrected chi connectivity index (χ0v) is 13.4. The fourth-order valence-corrected chi connectivity index (χ4v) is 2.62. The molecule has 4 nitrogen and oxygen atoms in total. The molecule has 0 spiro atoms. The highest BCUT2D eigenvalue weighted by Crippen LogP contribution is 2.20. The fourth-order valence-electron chi connectivity index (χ4n) is 2.09. The van der Waals surface area contributed by atoms with E-state index in [1.165, 1.54) is 0 Å². The van der Waals surface area contributed by atoms with Gasteiger partial charge in [0, 0.05) is 27.2 Å². The van der Waals surface area contributed by atoms with E-state index >= 15 is 0 Å². The van der Waals surface area contributed by atoms with E-state index < -0.39 is 0 Å². The molecular weight excluding hydrogens is 335 g/mol. The van der Waals surface area contributed by atoms with E-state index in [2.05, 4.69) is 10.5 Å². The van der Waals surface area contributed by atoms with Gasteiger partial charge in [-0.1, -0.05) is 58.7 Å². The van der Waals surface area contributed by atoms with Crippen LogP contribution in [0.2, 0.25) is 10.0 Å². The molecule has 3 aromatic rings. The van der Waals surface area contributed by atoms with Gasteiger partial charge in [-0.3, -0.25) is 4.79 Å². The van der Waals surface area contributed by atoms with E-state index in [4.69, 9.17) is 27.7 Å². The van der Waals surface area contributed by atoms with Crippen molar-refractivity contribution in [2.75, 3.05) is 0 Å². The molecular formula is C17H12Cl2N2O2. The smallest absolute Gasteiger partial charge is 0.251 e. The highest BCUT2D eigenvalue weighted by molar-refractivity contribution is 6.35. The highest BCUT2D eigenvalue weighted by atomic mass is 35.5. The summed E-state index contributed by atoms with van der Waals surface area (Å²) >= 11 is 11.8. The molecule has 0 aliphatic rings. The van der Waals surface area contributed by atoms with Crippen molar-refractivity contribution < 1.29 is 9.32 Å². The molecule has 1 N–H and O–H groups in total. The number of benzene rings is 2. The van der Waals surface area contributed by atoms with Crippen LogP contribution in [0.15, 0.2) is 59.1 Å². The Morgan fingerprint density at radius 3 is 2.43 bits per heavy atom. The number of hydrogen-bond donors (Lipinski definition) is 1. The highest BCUT2D eigenvalue weighted by Gasteiger charge is 2.10. The second-order valence-corrected chi connectivity index (χ2v) is 5.76. The molecule has 23 heavy (non-hydrogen) atoms. The van der Waals surface area contributed by atoms with Crippen LogP contribution >= 0.6 is 23.2 Å². The fraction of sp³-hybridized carbons (Fsp3) is 0.0588. The number of nitrogens with zero attached hydrogens (tertiary/aromatic N) is 1. The molecule has 0 unspecified atom stereocenters. The van der Waals surface area contributed by atoms with Gasteiger partial charge >= 0.3 is 0 Å². The molecule has 1 heterocycles. The maximum Gasteiger partial charge on any atom is 0.251 e. The Morgan fingerprint density at radius 2 is 1.74 bits per heavy atom. The molecule has 0 saturated heterocycles. The molecule has 0 aliphatic carbocycles. The standard InChI is InChI=1S/C17H12Cl2N2O2/c18-13-6-12(7-14(19)8-13)17(22)20-10-15-9-16(23-21-15)11-4-2-1-3-5-11/h1-9H,10H2,(H,20,22). The van der Waals surface area contributed by atoms with Crippen LogP contribution in [0, 0.1) is 0 Å². The molecule has 1 aromatic heterocycles. The predicted molar refractivity (Wildman–Crippen MR) is 89.6 cm³/mol.